The minimum absolute atomic E-state index is 0.171. The normalized spacial score (nSPS) is 11.2. The van der Waals surface area contributed by atoms with Crippen LogP contribution in [0.5, 0.6) is 17.2 Å². The second-order valence-corrected chi connectivity index (χ2v) is 12.1. The molecule has 0 unspecified atom stereocenters. The molecule has 0 saturated carbocycles. The number of carbonyl (C=O) groups excluding carboxylic acids is 1. The Balaban J connectivity index is 1.54. The molecule has 1 amide bonds. The van der Waals surface area contributed by atoms with Gasteiger partial charge in [-0.2, -0.15) is 9.78 Å². The van der Waals surface area contributed by atoms with Crippen LogP contribution in [0.4, 0.5) is 5.69 Å². The van der Waals surface area contributed by atoms with Crippen molar-refractivity contribution in [3.05, 3.63) is 123 Å². The van der Waals surface area contributed by atoms with Crippen molar-refractivity contribution < 1.29 is 19.0 Å². The molecular formula is C39H39ClN4O5. The molecule has 9 nitrogen and oxygen atoms in total. The number of allylic oxidation sites excluding steroid dienone is 1. The van der Waals surface area contributed by atoms with Gasteiger partial charge in [-0.15, -0.1) is 6.58 Å². The van der Waals surface area contributed by atoms with E-state index in [1.165, 1.54) is 11.8 Å². The lowest BCUT2D eigenvalue weighted by Gasteiger charge is -2.18. The number of aromatic nitrogens is 2. The number of anilines is 1. The predicted molar refractivity (Wildman–Crippen MR) is 197 cm³/mol. The first-order chi connectivity index (χ1) is 23.6. The Morgan fingerprint density at radius 3 is 2.51 bits per heavy atom. The van der Waals surface area contributed by atoms with Crippen molar-refractivity contribution in [2.45, 2.75) is 40.0 Å². The molecule has 0 aliphatic rings. The van der Waals surface area contributed by atoms with E-state index in [1.54, 1.807) is 54.8 Å². The molecule has 0 aliphatic carbocycles. The molecule has 4 aromatic carbocycles. The Kier molecular flexibility index (Phi) is 11.2. The summed E-state index contributed by atoms with van der Waals surface area (Å²) in [5.41, 5.74) is 4.92. The number of nitrogens with zero attached hydrogens (tertiary/aromatic N) is 3. The molecule has 0 saturated heterocycles. The second kappa shape index (κ2) is 15.7. The molecule has 10 heteroatoms. The summed E-state index contributed by atoms with van der Waals surface area (Å²) in [5.74, 6) is 1.84. The van der Waals surface area contributed by atoms with E-state index in [-0.39, 0.29) is 24.0 Å². The number of amides is 1. The van der Waals surface area contributed by atoms with Gasteiger partial charge in [0.25, 0.3) is 11.5 Å². The number of para-hydroxylation sites is 1. The number of fused-ring (bicyclic) bond motifs is 1. The number of methoxy groups -OCH3 is 1. The Labute approximate surface area is 290 Å². The van der Waals surface area contributed by atoms with Crippen molar-refractivity contribution in [2.75, 3.05) is 25.6 Å². The zero-order chi connectivity index (χ0) is 35.1. The van der Waals surface area contributed by atoms with E-state index in [9.17, 15) is 9.59 Å². The molecule has 0 fully saturated rings. The molecule has 0 aliphatic heterocycles. The average Bonchev–Trinajstić information content (AvgIpc) is 3.08. The van der Waals surface area contributed by atoms with Crippen LogP contribution in [0.1, 0.15) is 48.9 Å². The molecule has 1 N–H and O–H groups in total. The first kappa shape index (κ1) is 34.9. The fraction of sp³-hybridized carbons (Fsp3) is 0.231. The predicted octanol–water partition coefficient (Wildman–Crippen LogP) is 8.18. The SMILES string of the molecule is C=CCc1cc(C=Nn2c(-c3cc(C(C)C)c(OCC)cc3C)nc3ccccc3c2=O)cc(OC)c1OCC(=O)Nc1ccc(Cl)cc1. The summed E-state index contributed by atoms with van der Waals surface area (Å²) in [7, 11) is 1.52. The minimum Gasteiger partial charge on any atom is -0.494 e. The van der Waals surface area contributed by atoms with Crippen LogP contribution < -0.4 is 25.1 Å². The number of benzene rings is 4. The number of hydrogen-bond acceptors (Lipinski definition) is 7. The van der Waals surface area contributed by atoms with Gasteiger partial charge >= 0.3 is 0 Å². The van der Waals surface area contributed by atoms with E-state index < -0.39 is 0 Å². The van der Waals surface area contributed by atoms with Crippen LogP contribution in [-0.4, -0.2) is 42.1 Å². The summed E-state index contributed by atoms with van der Waals surface area (Å²) in [6.45, 7) is 12.3. The minimum atomic E-state index is -0.347. The third kappa shape index (κ3) is 8.01. The maximum Gasteiger partial charge on any atom is 0.282 e. The smallest absolute Gasteiger partial charge is 0.282 e. The largest absolute Gasteiger partial charge is 0.494 e. The Hall–Kier alpha value is -5.41. The number of halogens is 1. The second-order valence-electron chi connectivity index (χ2n) is 11.7. The van der Waals surface area contributed by atoms with E-state index in [2.05, 4.69) is 25.7 Å². The summed E-state index contributed by atoms with van der Waals surface area (Å²) in [6, 6.07) is 21.6. The van der Waals surface area contributed by atoms with Gasteiger partial charge in [-0.1, -0.05) is 43.7 Å². The standard InChI is InChI=1S/C39H39ClN4O5/c1-7-11-27-19-26(20-35(47-6)37(27)49-23-36(45)42-29-16-14-28(40)15-17-29)22-41-44-38(43-33-13-10-9-12-30(33)39(44)46)32-21-31(24(3)4)34(48-8-2)18-25(32)5/h7,9-10,12-22,24H,1,8,11,23H2,2-6H3,(H,42,45). The van der Waals surface area contributed by atoms with E-state index in [4.69, 9.17) is 35.9 Å². The zero-order valence-corrected chi connectivity index (χ0v) is 29.0. The maximum atomic E-state index is 14.0. The maximum absolute atomic E-state index is 14.0. The van der Waals surface area contributed by atoms with E-state index in [0.717, 1.165) is 28.0 Å². The fourth-order valence-electron chi connectivity index (χ4n) is 5.45. The van der Waals surface area contributed by atoms with Crippen molar-refractivity contribution in [3.8, 4) is 28.6 Å². The summed E-state index contributed by atoms with van der Waals surface area (Å²) in [5, 5.41) is 8.50. The van der Waals surface area contributed by atoms with Crippen molar-refractivity contribution in [1.82, 2.24) is 9.66 Å². The quantitative estimate of drug-likeness (QED) is 0.0995. The highest BCUT2D eigenvalue weighted by Gasteiger charge is 2.19. The lowest BCUT2D eigenvalue weighted by atomic mass is 9.96. The van der Waals surface area contributed by atoms with Gasteiger partial charge in [-0.05, 0) is 104 Å². The topological polar surface area (TPSA) is 104 Å². The van der Waals surface area contributed by atoms with Gasteiger partial charge in [0.2, 0.25) is 0 Å². The summed E-state index contributed by atoms with van der Waals surface area (Å²) >= 11 is 5.95. The van der Waals surface area contributed by atoms with E-state index >= 15 is 0 Å². The zero-order valence-electron chi connectivity index (χ0n) is 28.2. The van der Waals surface area contributed by atoms with E-state index in [1.807, 2.05) is 44.2 Å². The third-order valence-electron chi connectivity index (χ3n) is 7.81. The van der Waals surface area contributed by atoms with Crippen molar-refractivity contribution in [2.24, 2.45) is 5.10 Å². The van der Waals surface area contributed by atoms with Crippen molar-refractivity contribution in [3.63, 3.8) is 0 Å². The lowest BCUT2D eigenvalue weighted by Crippen LogP contribution is -2.21. The first-order valence-corrected chi connectivity index (χ1v) is 16.3. The van der Waals surface area contributed by atoms with Crippen LogP contribution in [0.15, 0.2) is 95.3 Å². The van der Waals surface area contributed by atoms with Crippen LogP contribution in [0.3, 0.4) is 0 Å². The molecule has 1 aromatic heterocycles. The highest BCUT2D eigenvalue weighted by Crippen LogP contribution is 2.35. The van der Waals surface area contributed by atoms with Crippen LogP contribution in [0.25, 0.3) is 22.3 Å². The molecule has 49 heavy (non-hydrogen) atoms. The lowest BCUT2D eigenvalue weighted by molar-refractivity contribution is -0.118. The van der Waals surface area contributed by atoms with Gasteiger partial charge in [0, 0.05) is 21.8 Å². The Morgan fingerprint density at radius 1 is 1.06 bits per heavy atom. The van der Waals surface area contributed by atoms with Gasteiger partial charge in [-0.3, -0.25) is 9.59 Å². The van der Waals surface area contributed by atoms with Crippen LogP contribution in [-0.2, 0) is 11.2 Å². The number of aryl methyl sites for hydroxylation is 1. The Morgan fingerprint density at radius 2 is 1.82 bits per heavy atom. The number of hydrogen-bond donors (Lipinski definition) is 1. The summed E-state index contributed by atoms with van der Waals surface area (Å²) < 4.78 is 18.9. The highest BCUT2D eigenvalue weighted by molar-refractivity contribution is 6.30. The molecule has 5 aromatic rings. The van der Waals surface area contributed by atoms with Gasteiger partial charge in [0.15, 0.2) is 23.9 Å². The number of carbonyl (C=O) groups is 1. The van der Waals surface area contributed by atoms with Crippen molar-refractivity contribution in [1.29, 1.82) is 0 Å². The number of rotatable bonds is 13. The van der Waals surface area contributed by atoms with Gasteiger partial charge in [0.05, 0.1) is 30.8 Å². The summed E-state index contributed by atoms with van der Waals surface area (Å²) in [4.78, 5) is 31.6. The van der Waals surface area contributed by atoms with Gasteiger partial charge in [0.1, 0.15) is 5.75 Å². The van der Waals surface area contributed by atoms with Gasteiger partial charge in [-0.25, -0.2) is 4.98 Å². The molecule has 0 radical (unpaired) electrons. The molecule has 0 bridgehead atoms. The number of nitrogens with one attached hydrogen (secondary N) is 1. The fourth-order valence-corrected chi connectivity index (χ4v) is 5.58. The average molecular weight is 679 g/mol. The third-order valence-corrected chi connectivity index (χ3v) is 8.06. The van der Waals surface area contributed by atoms with Gasteiger partial charge < -0.3 is 19.5 Å². The van der Waals surface area contributed by atoms with E-state index in [0.29, 0.717) is 57.5 Å². The monoisotopic (exact) mass is 678 g/mol. The van der Waals surface area contributed by atoms with Crippen LogP contribution in [0.2, 0.25) is 5.02 Å². The molecule has 0 atom stereocenters. The molecule has 1 heterocycles. The van der Waals surface area contributed by atoms with Crippen LogP contribution >= 0.6 is 11.6 Å². The first-order valence-electron chi connectivity index (χ1n) is 16.0. The molecule has 252 valence electrons. The summed E-state index contributed by atoms with van der Waals surface area (Å²) in [6.07, 6.45) is 3.74. The van der Waals surface area contributed by atoms with Crippen molar-refractivity contribution >= 4 is 40.3 Å². The molecule has 0 spiro atoms. The Bertz CT molecular complexity index is 2090. The highest BCUT2D eigenvalue weighted by atomic mass is 35.5. The number of ether oxygens (including phenoxy) is 3. The molecular weight excluding hydrogens is 640 g/mol. The molecule has 5 rings (SSSR count). The van der Waals surface area contributed by atoms with Crippen LogP contribution in [0, 0.1) is 6.92 Å².